The monoisotopic (exact) mass is 539 g/mol. The lowest BCUT2D eigenvalue weighted by Crippen LogP contribution is -2.41. The Morgan fingerprint density at radius 1 is 1.03 bits per heavy atom. The molecule has 3 aromatic rings. The van der Waals surface area contributed by atoms with E-state index >= 15 is 0 Å². The largest absolute Gasteiger partial charge is 0.379 e. The van der Waals surface area contributed by atoms with E-state index in [2.05, 4.69) is 31.2 Å². The third-order valence-electron chi connectivity index (χ3n) is 6.85. The van der Waals surface area contributed by atoms with Gasteiger partial charge in [0.2, 0.25) is 5.91 Å². The second-order valence-electron chi connectivity index (χ2n) is 10.4. The Hall–Kier alpha value is -3.44. The van der Waals surface area contributed by atoms with Gasteiger partial charge in [-0.2, -0.15) is 0 Å². The average Bonchev–Trinajstić information content (AvgIpc) is 3.59. The van der Waals surface area contributed by atoms with Crippen LogP contribution in [0.4, 0.5) is 17.2 Å². The Balaban J connectivity index is 1.28. The zero-order valence-corrected chi connectivity index (χ0v) is 22.5. The van der Waals surface area contributed by atoms with Gasteiger partial charge >= 0.3 is 0 Å². The molecule has 5 rings (SSSR count). The van der Waals surface area contributed by atoms with Gasteiger partial charge in [-0.15, -0.1) is 5.10 Å². The highest BCUT2D eigenvalue weighted by Gasteiger charge is 2.26. The van der Waals surface area contributed by atoms with Crippen LogP contribution < -0.4 is 21.3 Å². The second-order valence-corrected chi connectivity index (χ2v) is 10.8. The third kappa shape index (κ3) is 6.70. The van der Waals surface area contributed by atoms with Crippen molar-refractivity contribution in [3.63, 3.8) is 0 Å². The van der Waals surface area contributed by atoms with E-state index in [-0.39, 0.29) is 23.9 Å². The van der Waals surface area contributed by atoms with Crippen LogP contribution >= 0.6 is 11.6 Å². The van der Waals surface area contributed by atoms with E-state index in [9.17, 15) is 9.59 Å². The molecule has 3 aromatic heterocycles. The van der Waals surface area contributed by atoms with Gasteiger partial charge in [0.25, 0.3) is 5.91 Å². The molecule has 0 spiro atoms. The van der Waals surface area contributed by atoms with Crippen molar-refractivity contribution in [3.05, 3.63) is 41.4 Å². The molecule has 0 saturated heterocycles. The summed E-state index contributed by atoms with van der Waals surface area (Å²) in [6.45, 7) is 0.749. The average molecular weight is 540 g/mol. The maximum absolute atomic E-state index is 13.1. The van der Waals surface area contributed by atoms with E-state index in [0.717, 1.165) is 50.8 Å². The number of halogens is 1. The summed E-state index contributed by atoms with van der Waals surface area (Å²) in [6.07, 6.45) is 9.47. The van der Waals surface area contributed by atoms with Crippen LogP contribution in [-0.2, 0) is 4.79 Å². The van der Waals surface area contributed by atoms with Crippen molar-refractivity contribution in [2.75, 3.05) is 36.6 Å². The number of carbonyl (C=O) groups is 2. The van der Waals surface area contributed by atoms with Crippen LogP contribution in [0.3, 0.4) is 0 Å². The molecule has 202 valence electrons. The topological polar surface area (TPSA) is 129 Å². The Labute approximate surface area is 226 Å². The molecule has 2 amide bonds. The summed E-state index contributed by atoms with van der Waals surface area (Å²) in [6, 6.07) is 6.08. The molecule has 0 bridgehead atoms. The number of imidazole rings is 1. The number of aromatic nitrogens is 4. The molecule has 2 aliphatic rings. The summed E-state index contributed by atoms with van der Waals surface area (Å²) in [5, 5.41) is 18.1. The third-order valence-corrected chi connectivity index (χ3v) is 7.06. The van der Waals surface area contributed by atoms with Crippen LogP contribution in [0.2, 0.25) is 5.15 Å². The number of amides is 2. The number of hydrogen-bond donors (Lipinski definition) is 4. The van der Waals surface area contributed by atoms with Crippen molar-refractivity contribution in [2.24, 2.45) is 0 Å². The van der Waals surface area contributed by atoms with Gasteiger partial charge in [0, 0.05) is 49.0 Å². The molecule has 0 atom stereocenters. The highest BCUT2D eigenvalue weighted by molar-refractivity contribution is 6.29. The maximum Gasteiger partial charge on any atom is 0.276 e. The van der Waals surface area contributed by atoms with Gasteiger partial charge in [0.1, 0.15) is 11.0 Å². The molecule has 2 fully saturated rings. The minimum absolute atomic E-state index is 0.109. The number of nitrogens with one attached hydrogen (secondary N) is 4. The molecule has 38 heavy (non-hydrogen) atoms. The molecule has 2 aliphatic carbocycles. The summed E-state index contributed by atoms with van der Waals surface area (Å²) in [5.41, 5.74) is 2.31. The Morgan fingerprint density at radius 2 is 1.74 bits per heavy atom. The lowest BCUT2D eigenvalue weighted by molar-refractivity contribution is -0.122. The van der Waals surface area contributed by atoms with E-state index in [1.54, 1.807) is 16.6 Å². The van der Waals surface area contributed by atoms with E-state index in [0.29, 0.717) is 40.5 Å². The summed E-state index contributed by atoms with van der Waals surface area (Å²) in [7, 11) is 3.94. The molecular weight excluding hydrogens is 506 g/mol. The van der Waals surface area contributed by atoms with Crippen LogP contribution in [-0.4, -0.2) is 75.1 Å². The predicted octanol–water partition coefficient (Wildman–Crippen LogP) is 3.40. The summed E-state index contributed by atoms with van der Waals surface area (Å²) in [5.74, 6) is 0.448. The van der Waals surface area contributed by atoms with Crippen molar-refractivity contribution >= 4 is 46.3 Å². The minimum atomic E-state index is -0.340. The fourth-order valence-electron chi connectivity index (χ4n) is 4.64. The van der Waals surface area contributed by atoms with Crippen LogP contribution in [0.25, 0.3) is 5.65 Å². The van der Waals surface area contributed by atoms with Crippen molar-refractivity contribution < 1.29 is 9.59 Å². The highest BCUT2D eigenvalue weighted by atomic mass is 35.5. The van der Waals surface area contributed by atoms with Gasteiger partial charge < -0.3 is 26.2 Å². The lowest BCUT2D eigenvalue weighted by Gasteiger charge is -2.30. The quantitative estimate of drug-likeness (QED) is 0.289. The molecule has 0 unspecified atom stereocenters. The van der Waals surface area contributed by atoms with Gasteiger partial charge in [-0.3, -0.25) is 9.59 Å². The van der Waals surface area contributed by atoms with E-state index in [1.807, 2.05) is 25.1 Å². The zero-order chi connectivity index (χ0) is 26.6. The van der Waals surface area contributed by atoms with Crippen LogP contribution in [0, 0.1) is 0 Å². The fraction of sp³-hybridized carbons (Fsp3) is 0.500. The van der Waals surface area contributed by atoms with E-state index < -0.39 is 0 Å². The molecule has 4 N–H and O–H groups in total. The SMILES string of the molecule is CN(C)CCC(=O)NC1CCC(Nc2cc(NC3CC3)c3ncc(C(=O)Nc4ccnc(Cl)c4)n3n2)CC1. The Bertz CT molecular complexity index is 1300. The molecular formula is C26H34ClN9O2. The van der Waals surface area contributed by atoms with Crippen molar-refractivity contribution in [3.8, 4) is 0 Å². The summed E-state index contributed by atoms with van der Waals surface area (Å²) < 4.78 is 1.59. The summed E-state index contributed by atoms with van der Waals surface area (Å²) >= 11 is 5.96. The number of rotatable bonds is 10. The molecule has 11 nitrogen and oxygen atoms in total. The van der Waals surface area contributed by atoms with Crippen molar-refractivity contribution in [1.29, 1.82) is 0 Å². The second kappa shape index (κ2) is 11.5. The Morgan fingerprint density at radius 3 is 2.45 bits per heavy atom. The first kappa shape index (κ1) is 26.2. The van der Waals surface area contributed by atoms with Crippen molar-refractivity contribution in [1.82, 2.24) is 29.8 Å². The number of hydrogen-bond acceptors (Lipinski definition) is 8. The number of pyridine rings is 1. The van der Waals surface area contributed by atoms with E-state index in [4.69, 9.17) is 16.7 Å². The molecule has 0 aromatic carbocycles. The molecule has 12 heteroatoms. The van der Waals surface area contributed by atoms with Gasteiger partial charge in [0.05, 0.1) is 11.9 Å². The molecule has 3 heterocycles. The van der Waals surface area contributed by atoms with Crippen molar-refractivity contribution in [2.45, 2.75) is 63.1 Å². The first-order valence-corrected chi connectivity index (χ1v) is 13.5. The van der Waals surface area contributed by atoms with Gasteiger partial charge in [-0.05, 0) is 64.8 Å². The molecule has 2 saturated carbocycles. The van der Waals surface area contributed by atoms with E-state index in [1.165, 1.54) is 12.4 Å². The van der Waals surface area contributed by atoms with Gasteiger partial charge in [0.15, 0.2) is 11.3 Å². The maximum atomic E-state index is 13.1. The predicted molar refractivity (Wildman–Crippen MR) is 148 cm³/mol. The van der Waals surface area contributed by atoms with Crippen LogP contribution in [0.1, 0.15) is 55.4 Å². The normalized spacial score (nSPS) is 19.4. The first-order valence-electron chi connectivity index (χ1n) is 13.1. The number of fused-ring (bicyclic) bond motifs is 1. The first-order chi connectivity index (χ1) is 18.3. The van der Waals surface area contributed by atoms with Crippen LogP contribution in [0.15, 0.2) is 30.6 Å². The zero-order valence-electron chi connectivity index (χ0n) is 21.7. The highest BCUT2D eigenvalue weighted by Crippen LogP contribution is 2.30. The molecule has 0 aliphatic heterocycles. The molecule has 0 radical (unpaired) electrons. The smallest absolute Gasteiger partial charge is 0.276 e. The minimum Gasteiger partial charge on any atom is -0.379 e. The van der Waals surface area contributed by atoms with Gasteiger partial charge in [-0.1, -0.05) is 11.6 Å². The standard InChI is InChI=1S/C26H34ClN9O2/c1-35(2)12-10-24(37)32-18-7-5-17(6-8-18)31-23-14-20(30-16-3-4-16)25-29-15-21(36(25)34-23)26(38)33-19-9-11-28-22(27)13-19/h9,11,13-18,30H,3-8,10,12H2,1-2H3,(H,31,34)(H,32,37)(H,28,33,38). The Kier molecular flexibility index (Phi) is 7.94. The summed E-state index contributed by atoms with van der Waals surface area (Å²) in [4.78, 5) is 35.8. The fourth-order valence-corrected chi connectivity index (χ4v) is 4.81. The lowest BCUT2D eigenvalue weighted by atomic mass is 9.91. The van der Waals surface area contributed by atoms with Crippen LogP contribution in [0.5, 0.6) is 0 Å². The van der Waals surface area contributed by atoms with Gasteiger partial charge in [-0.25, -0.2) is 14.5 Å². The number of carbonyl (C=O) groups excluding carboxylic acids is 2. The number of anilines is 3. The number of nitrogens with zero attached hydrogens (tertiary/aromatic N) is 5.